The number of anilines is 1. The predicted molar refractivity (Wildman–Crippen MR) is 86.6 cm³/mol. The van der Waals surface area contributed by atoms with Gasteiger partial charge in [0.05, 0.1) is 5.75 Å². The normalized spacial score (nSPS) is 10.6. The highest BCUT2D eigenvalue weighted by Gasteiger charge is 2.13. The van der Waals surface area contributed by atoms with Crippen molar-refractivity contribution in [2.45, 2.75) is 18.3 Å². The molecule has 1 aromatic carbocycles. The quantitative estimate of drug-likeness (QED) is 0.583. The summed E-state index contributed by atoms with van der Waals surface area (Å²) in [5, 5.41) is 11.1. The second-order valence-corrected chi connectivity index (χ2v) is 5.64. The van der Waals surface area contributed by atoms with E-state index in [1.54, 1.807) is 17.8 Å². The molecular formula is C15H16F2N4O2S. The van der Waals surface area contributed by atoms with Crippen molar-refractivity contribution < 1.29 is 18.3 Å². The number of thioether (sulfide) groups is 1. The van der Waals surface area contributed by atoms with E-state index in [9.17, 15) is 13.6 Å². The number of amides is 1. The van der Waals surface area contributed by atoms with Gasteiger partial charge in [0, 0.05) is 25.4 Å². The number of benzene rings is 1. The van der Waals surface area contributed by atoms with Crippen LogP contribution in [-0.2, 0) is 22.7 Å². The molecule has 9 heteroatoms. The van der Waals surface area contributed by atoms with Gasteiger partial charge in [0.25, 0.3) is 0 Å². The van der Waals surface area contributed by atoms with Gasteiger partial charge in [-0.15, -0.1) is 16.8 Å². The molecule has 0 aliphatic carbocycles. The Kier molecular flexibility index (Phi) is 6.44. The van der Waals surface area contributed by atoms with Crippen LogP contribution in [0.25, 0.3) is 0 Å². The van der Waals surface area contributed by atoms with Crippen molar-refractivity contribution in [1.29, 1.82) is 0 Å². The van der Waals surface area contributed by atoms with Crippen LogP contribution in [0.15, 0.2) is 36.0 Å². The number of ether oxygens (including phenoxy) is 1. The van der Waals surface area contributed by atoms with Gasteiger partial charge < -0.3 is 14.6 Å². The maximum Gasteiger partial charge on any atom is 0.234 e. The third-order valence-corrected chi connectivity index (χ3v) is 3.88. The average Bonchev–Trinajstić information content (AvgIpc) is 2.92. The maximum atomic E-state index is 13.1. The molecule has 1 heterocycles. The number of hydrogen-bond acceptors (Lipinski definition) is 5. The van der Waals surface area contributed by atoms with E-state index in [0.29, 0.717) is 24.1 Å². The van der Waals surface area contributed by atoms with Crippen LogP contribution in [0.4, 0.5) is 14.5 Å². The van der Waals surface area contributed by atoms with Crippen molar-refractivity contribution in [3.8, 4) is 0 Å². The summed E-state index contributed by atoms with van der Waals surface area (Å²) in [6, 6.07) is 3.17. The molecule has 128 valence electrons. The molecule has 1 aromatic heterocycles. The molecule has 0 spiro atoms. The molecule has 2 aromatic rings. The molecule has 0 fully saturated rings. The standard InChI is InChI=1S/C15H16F2N4O2S/c1-3-6-21-13(8-23-2)19-20-15(21)24-9-14(22)18-10-4-5-11(16)12(17)7-10/h3-5,7H,1,6,8-9H2,2H3,(H,18,22). The molecule has 0 atom stereocenters. The van der Waals surface area contributed by atoms with E-state index in [4.69, 9.17) is 4.74 Å². The lowest BCUT2D eigenvalue weighted by Gasteiger charge is -2.08. The summed E-state index contributed by atoms with van der Waals surface area (Å²) in [5.41, 5.74) is 0.187. The van der Waals surface area contributed by atoms with Crippen molar-refractivity contribution in [2.24, 2.45) is 0 Å². The molecule has 0 saturated carbocycles. The monoisotopic (exact) mass is 354 g/mol. The summed E-state index contributed by atoms with van der Waals surface area (Å²) in [6.07, 6.45) is 1.69. The van der Waals surface area contributed by atoms with Gasteiger partial charge in [-0.1, -0.05) is 17.8 Å². The molecule has 0 unspecified atom stereocenters. The van der Waals surface area contributed by atoms with Crippen LogP contribution in [0.5, 0.6) is 0 Å². The summed E-state index contributed by atoms with van der Waals surface area (Å²) in [6.45, 7) is 4.45. The van der Waals surface area contributed by atoms with Crippen LogP contribution in [-0.4, -0.2) is 33.5 Å². The van der Waals surface area contributed by atoms with Crippen molar-refractivity contribution in [1.82, 2.24) is 14.8 Å². The fraction of sp³-hybridized carbons (Fsp3) is 0.267. The lowest BCUT2D eigenvalue weighted by Crippen LogP contribution is -2.15. The lowest BCUT2D eigenvalue weighted by molar-refractivity contribution is -0.113. The number of halogens is 2. The first-order chi connectivity index (χ1) is 11.5. The maximum absolute atomic E-state index is 13.1. The fourth-order valence-corrected chi connectivity index (χ4v) is 2.64. The molecule has 1 N–H and O–H groups in total. The first kappa shape index (κ1) is 18.1. The second-order valence-electron chi connectivity index (χ2n) is 4.70. The van der Waals surface area contributed by atoms with Crippen LogP contribution in [0.3, 0.4) is 0 Å². The smallest absolute Gasteiger partial charge is 0.234 e. The Hall–Kier alpha value is -2.26. The van der Waals surface area contributed by atoms with Crippen molar-refractivity contribution in [2.75, 3.05) is 18.2 Å². The number of hydrogen-bond donors (Lipinski definition) is 1. The number of methoxy groups -OCH3 is 1. The number of aromatic nitrogens is 3. The molecule has 0 aliphatic rings. The van der Waals surface area contributed by atoms with Gasteiger partial charge in [-0.25, -0.2) is 8.78 Å². The Morgan fingerprint density at radius 1 is 1.42 bits per heavy atom. The molecule has 0 bridgehead atoms. The molecule has 24 heavy (non-hydrogen) atoms. The number of nitrogens with zero attached hydrogens (tertiary/aromatic N) is 3. The molecule has 2 rings (SSSR count). The topological polar surface area (TPSA) is 69.0 Å². The van der Waals surface area contributed by atoms with E-state index in [0.717, 1.165) is 12.1 Å². The second kappa shape index (κ2) is 8.55. The Labute approximate surface area is 141 Å². The minimum atomic E-state index is -1.02. The van der Waals surface area contributed by atoms with Gasteiger partial charge in [0.2, 0.25) is 5.91 Å². The predicted octanol–water partition coefficient (Wildman–Crippen LogP) is 2.62. The first-order valence-corrected chi connectivity index (χ1v) is 7.93. The Morgan fingerprint density at radius 2 is 2.21 bits per heavy atom. The van der Waals surface area contributed by atoms with Crippen LogP contribution < -0.4 is 5.32 Å². The van der Waals surface area contributed by atoms with Crippen LogP contribution in [0.2, 0.25) is 0 Å². The molecular weight excluding hydrogens is 338 g/mol. The van der Waals surface area contributed by atoms with Gasteiger partial charge in [-0.3, -0.25) is 4.79 Å². The number of nitrogens with one attached hydrogen (secondary N) is 1. The van der Waals surface area contributed by atoms with E-state index in [2.05, 4.69) is 22.1 Å². The van der Waals surface area contributed by atoms with E-state index >= 15 is 0 Å². The summed E-state index contributed by atoms with van der Waals surface area (Å²) in [4.78, 5) is 11.9. The lowest BCUT2D eigenvalue weighted by atomic mass is 10.3. The Balaban J connectivity index is 1.98. The molecule has 6 nitrogen and oxygen atoms in total. The molecule has 0 saturated heterocycles. The molecule has 0 radical (unpaired) electrons. The van der Waals surface area contributed by atoms with Crippen molar-refractivity contribution in [3.63, 3.8) is 0 Å². The van der Waals surface area contributed by atoms with Crippen LogP contribution in [0, 0.1) is 11.6 Å². The zero-order chi connectivity index (χ0) is 17.5. The highest BCUT2D eigenvalue weighted by atomic mass is 32.2. The average molecular weight is 354 g/mol. The Morgan fingerprint density at radius 3 is 2.88 bits per heavy atom. The third kappa shape index (κ3) is 4.62. The zero-order valence-corrected chi connectivity index (χ0v) is 13.8. The summed E-state index contributed by atoms with van der Waals surface area (Å²) >= 11 is 1.17. The fourth-order valence-electron chi connectivity index (χ4n) is 1.88. The summed E-state index contributed by atoms with van der Waals surface area (Å²) < 4.78 is 32.8. The van der Waals surface area contributed by atoms with E-state index < -0.39 is 11.6 Å². The van der Waals surface area contributed by atoms with E-state index in [1.807, 2.05) is 0 Å². The van der Waals surface area contributed by atoms with E-state index in [-0.39, 0.29) is 17.3 Å². The molecule has 1 amide bonds. The SMILES string of the molecule is C=CCn1c(COC)nnc1SCC(=O)Nc1ccc(F)c(F)c1. The van der Waals surface area contributed by atoms with Gasteiger partial charge >= 0.3 is 0 Å². The van der Waals surface area contributed by atoms with E-state index in [1.165, 1.54) is 17.8 Å². The summed E-state index contributed by atoms with van der Waals surface area (Å²) in [7, 11) is 1.55. The highest BCUT2D eigenvalue weighted by molar-refractivity contribution is 7.99. The number of carbonyl (C=O) groups excluding carboxylic acids is 1. The molecule has 0 aliphatic heterocycles. The number of carbonyl (C=O) groups is 1. The minimum Gasteiger partial charge on any atom is -0.377 e. The summed E-state index contributed by atoms with van der Waals surface area (Å²) in [5.74, 6) is -1.68. The third-order valence-electron chi connectivity index (χ3n) is 2.91. The minimum absolute atomic E-state index is 0.0429. The highest BCUT2D eigenvalue weighted by Crippen LogP contribution is 2.19. The number of rotatable bonds is 8. The van der Waals surface area contributed by atoms with Gasteiger partial charge in [-0.2, -0.15) is 0 Å². The van der Waals surface area contributed by atoms with Crippen molar-refractivity contribution >= 4 is 23.4 Å². The van der Waals surface area contributed by atoms with Crippen molar-refractivity contribution in [3.05, 3.63) is 48.3 Å². The van der Waals surface area contributed by atoms with Gasteiger partial charge in [0.15, 0.2) is 22.6 Å². The van der Waals surface area contributed by atoms with Gasteiger partial charge in [-0.05, 0) is 12.1 Å². The van der Waals surface area contributed by atoms with Crippen LogP contribution >= 0.6 is 11.8 Å². The zero-order valence-electron chi connectivity index (χ0n) is 13.0. The Bertz CT molecular complexity index is 736. The number of allylic oxidation sites excluding steroid dienone is 1. The largest absolute Gasteiger partial charge is 0.377 e. The van der Waals surface area contributed by atoms with Crippen LogP contribution in [0.1, 0.15) is 5.82 Å². The first-order valence-electron chi connectivity index (χ1n) is 6.94. The van der Waals surface area contributed by atoms with Gasteiger partial charge in [0.1, 0.15) is 6.61 Å².